The van der Waals surface area contributed by atoms with Crippen molar-refractivity contribution in [3.63, 3.8) is 0 Å². The molecule has 2 aromatic rings. The molecular weight excluding hydrogens is 431 g/mol. The number of anilines is 2. The van der Waals surface area contributed by atoms with Crippen molar-refractivity contribution in [2.75, 3.05) is 31.3 Å². The summed E-state index contributed by atoms with van der Waals surface area (Å²) in [5.41, 5.74) is -0.0256. The predicted molar refractivity (Wildman–Crippen MR) is 106 cm³/mol. The lowest BCUT2D eigenvalue weighted by Crippen LogP contribution is -2.24. The minimum atomic E-state index is -4.57. The van der Waals surface area contributed by atoms with E-state index in [2.05, 4.69) is 10.6 Å². The highest BCUT2D eigenvalue weighted by Gasteiger charge is 2.31. The molecule has 158 valence electrons. The number of benzene rings is 2. The van der Waals surface area contributed by atoms with Crippen LogP contribution in [0.5, 0.6) is 0 Å². The topological polar surface area (TPSA) is 78.5 Å². The molecule has 0 aliphatic rings. The third-order valence-electron chi connectivity index (χ3n) is 3.99. The highest BCUT2D eigenvalue weighted by atomic mass is 35.5. The Balaban J connectivity index is 2.14. The zero-order chi connectivity index (χ0) is 22.0. The predicted octanol–water partition coefficient (Wildman–Crippen LogP) is 3.97. The number of rotatable bonds is 6. The molecule has 0 atom stereocenters. The summed E-state index contributed by atoms with van der Waals surface area (Å²) < 4.78 is 64.0. The van der Waals surface area contributed by atoms with Gasteiger partial charge in [0.2, 0.25) is 15.9 Å². The van der Waals surface area contributed by atoms with Gasteiger partial charge in [-0.05, 0) is 42.8 Å². The van der Waals surface area contributed by atoms with Crippen LogP contribution >= 0.6 is 11.6 Å². The normalized spacial score (nSPS) is 12.1. The largest absolute Gasteiger partial charge is 0.416 e. The maximum atomic E-state index is 12.8. The van der Waals surface area contributed by atoms with E-state index < -0.39 is 27.7 Å². The monoisotopic (exact) mass is 449 g/mol. The van der Waals surface area contributed by atoms with Gasteiger partial charge >= 0.3 is 6.18 Å². The van der Waals surface area contributed by atoms with Gasteiger partial charge < -0.3 is 10.6 Å². The molecule has 1 amide bonds. The average Bonchev–Trinajstić information content (AvgIpc) is 2.61. The molecule has 2 aromatic carbocycles. The second kappa shape index (κ2) is 8.60. The van der Waals surface area contributed by atoms with Crippen LogP contribution in [0, 0.1) is 6.92 Å². The van der Waals surface area contributed by atoms with E-state index in [0.29, 0.717) is 11.3 Å². The molecule has 0 heterocycles. The van der Waals surface area contributed by atoms with E-state index in [-0.39, 0.29) is 22.2 Å². The van der Waals surface area contributed by atoms with E-state index in [0.717, 1.165) is 22.5 Å². The first-order chi connectivity index (χ1) is 13.3. The summed E-state index contributed by atoms with van der Waals surface area (Å²) in [6.45, 7) is 1.41. The van der Waals surface area contributed by atoms with Crippen molar-refractivity contribution < 1.29 is 26.4 Å². The fourth-order valence-corrected chi connectivity index (χ4v) is 3.42. The fraction of sp³-hybridized carbons (Fsp3) is 0.278. The van der Waals surface area contributed by atoms with E-state index in [1.807, 2.05) is 0 Å². The lowest BCUT2D eigenvalue weighted by Gasteiger charge is -2.15. The quantitative estimate of drug-likeness (QED) is 0.699. The number of sulfonamides is 1. The Hall–Kier alpha value is -2.30. The van der Waals surface area contributed by atoms with Gasteiger partial charge in [0.05, 0.1) is 27.7 Å². The maximum absolute atomic E-state index is 12.8. The summed E-state index contributed by atoms with van der Waals surface area (Å²) in [5, 5.41) is 5.06. The zero-order valence-electron chi connectivity index (χ0n) is 15.8. The Morgan fingerprint density at radius 2 is 1.76 bits per heavy atom. The van der Waals surface area contributed by atoms with Gasteiger partial charge in [-0.1, -0.05) is 17.7 Å². The summed E-state index contributed by atoms with van der Waals surface area (Å²) in [6.07, 6.45) is -4.57. The van der Waals surface area contributed by atoms with Crippen molar-refractivity contribution in [2.24, 2.45) is 0 Å². The Kier molecular flexibility index (Phi) is 6.82. The number of carbonyl (C=O) groups is 1. The van der Waals surface area contributed by atoms with Gasteiger partial charge in [0, 0.05) is 19.8 Å². The van der Waals surface area contributed by atoms with Crippen LogP contribution in [-0.4, -0.2) is 39.3 Å². The smallest absolute Gasteiger partial charge is 0.376 e. The summed E-state index contributed by atoms with van der Waals surface area (Å²) in [7, 11) is -0.864. The van der Waals surface area contributed by atoms with Crippen molar-refractivity contribution in [3.8, 4) is 0 Å². The molecular formula is C18H19ClF3N3O3S. The van der Waals surface area contributed by atoms with Gasteiger partial charge in [-0.2, -0.15) is 13.2 Å². The van der Waals surface area contributed by atoms with Crippen LogP contribution in [0.25, 0.3) is 0 Å². The molecule has 0 aliphatic carbocycles. The van der Waals surface area contributed by atoms with E-state index in [9.17, 15) is 26.4 Å². The fourth-order valence-electron chi connectivity index (χ4n) is 2.33. The summed E-state index contributed by atoms with van der Waals surface area (Å²) in [5.74, 6) is -0.647. The number of amides is 1. The molecule has 29 heavy (non-hydrogen) atoms. The second-order valence-corrected chi connectivity index (χ2v) is 8.92. The van der Waals surface area contributed by atoms with Crippen LogP contribution in [-0.2, 0) is 21.0 Å². The maximum Gasteiger partial charge on any atom is 0.416 e. The third kappa shape index (κ3) is 5.62. The number of halogens is 4. The number of nitrogens with one attached hydrogen (secondary N) is 2. The minimum Gasteiger partial charge on any atom is -0.376 e. The van der Waals surface area contributed by atoms with Crippen LogP contribution < -0.4 is 10.6 Å². The summed E-state index contributed by atoms with van der Waals surface area (Å²) in [4.78, 5) is 12.2. The van der Waals surface area contributed by atoms with E-state index >= 15 is 0 Å². The SMILES string of the molecule is Cc1ccc(S(=O)(=O)N(C)C)cc1NCC(=O)Nc1cc(C(F)(F)F)ccc1Cl. The van der Waals surface area contributed by atoms with Gasteiger partial charge in [0.1, 0.15) is 0 Å². The van der Waals surface area contributed by atoms with E-state index in [4.69, 9.17) is 11.6 Å². The van der Waals surface area contributed by atoms with Gasteiger partial charge in [0.15, 0.2) is 0 Å². The molecule has 0 radical (unpaired) electrons. The lowest BCUT2D eigenvalue weighted by molar-refractivity contribution is -0.137. The molecule has 0 spiro atoms. The number of nitrogens with zero attached hydrogens (tertiary/aromatic N) is 1. The lowest BCUT2D eigenvalue weighted by atomic mass is 10.2. The molecule has 0 saturated carbocycles. The first kappa shape index (κ1) is 23.0. The minimum absolute atomic E-state index is 0.0388. The Morgan fingerprint density at radius 1 is 1.10 bits per heavy atom. The standard InChI is InChI=1S/C18H19ClF3N3O3S/c1-11-4-6-13(29(27,28)25(2)3)9-15(11)23-10-17(26)24-16-8-12(18(20,21)22)5-7-14(16)19/h4-9,23H,10H2,1-3H3,(H,24,26). The molecule has 0 aromatic heterocycles. The van der Waals surface area contributed by atoms with Crippen LogP contribution in [0.2, 0.25) is 5.02 Å². The number of hydrogen-bond donors (Lipinski definition) is 2. The van der Waals surface area contributed by atoms with Crippen molar-refractivity contribution in [1.29, 1.82) is 0 Å². The number of hydrogen-bond acceptors (Lipinski definition) is 4. The molecule has 0 unspecified atom stereocenters. The second-order valence-electron chi connectivity index (χ2n) is 6.36. The molecule has 2 N–H and O–H groups in total. The number of aryl methyl sites for hydroxylation is 1. The van der Waals surface area contributed by atoms with Gasteiger partial charge in [-0.15, -0.1) is 0 Å². The molecule has 2 rings (SSSR count). The third-order valence-corrected chi connectivity index (χ3v) is 6.14. The molecule has 0 aliphatic heterocycles. The summed E-state index contributed by atoms with van der Waals surface area (Å²) >= 11 is 5.86. The number of alkyl halides is 3. The molecule has 11 heteroatoms. The highest BCUT2D eigenvalue weighted by molar-refractivity contribution is 7.89. The number of carbonyl (C=O) groups excluding carboxylic acids is 1. The van der Waals surface area contributed by atoms with Gasteiger partial charge in [-0.25, -0.2) is 12.7 Å². The van der Waals surface area contributed by atoms with Crippen LogP contribution in [0.1, 0.15) is 11.1 Å². The highest BCUT2D eigenvalue weighted by Crippen LogP contribution is 2.33. The summed E-state index contributed by atoms with van der Waals surface area (Å²) in [6, 6.07) is 7.02. The molecule has 0 saturated heterocycles. The molecule has 0 bridgehead atoms. The van der Waals surface area contributed by atoms with Crippen LogP contribution in [0.4, 0.5) is 24.5 Å². The Morgan fingerprint density at radius 3 is 2.34 bits per heavy atom. The van der Waals surface area contributed by atoms with Crippen molar-refractivity contribution in [1.82, 2.24) is 4.31 Å². The van der Waals surface area contributed by atoms with Gasteiger partial charge in [0.25, 0.3) is 0 Å². The van der Waals surface area contributed by atoms with Crippen LogP contribution in [0.15, 0.2) is 41.3 Å². The zero-order valence-corrected chi connectivity index (χ0v) is 17.3. The van der Waals surface area contributed by atoms with E-state index in [1.165, 1.54) is 26.2 Å². The Bertz CT molecular complexity index is 1020. The first-order valence-electron chi connectivity index (χ1n) is 8.26. The van der Waals surface area contributed by atoms with Crippen molar-refractivity contribution >= 4 is 38.9 Å². The molecule has 0 fully saturated rings. The van der Waals surface area contributed by atoms with Crippen LogP contribution in [0.3, 0.4) is 0 Å². The van der Waals surface area contributed by atoms with Gasteiger partial charge in [-0.3, -0.25) is 4.79 Å². The van der Waals surface area contributed by atoms with E-state index in [1.54, 1.807) is 13.0 Å². The van der Waals surface area contributed by atoms with Crippen molar-refractivity contribution in [2.45, 2.75) is 18.0 Å². The van der Waals surface area contributed by atoms with Crippen molar-refractivity contribution in [3.05, 3.63) is 52.5 Å². The molecule has 6 nitrogen and oxygen atoms in total. The first-order valence-corrected chi connectivity index (χ1v) is 10.1. The average molecular weight is 450 g/mol. The Labute approximate surface area is 171 Å².